The maximum Gasteiger partial charge on any atom is 0.313 e. The van der Waals surface area contributed by atoms with Gasteiger partial charge in [0.05, 0.1) is 11.5 Å². The van der Waals surface area contributed by atoms with Gasteiger partial charge in [-0.3, -0.25) is 9.59 Å². The second kappa shape index (κ2) is 5.12. The largest absolute Gasteiger partial charge is 0.452 e. The van der Waals surface area contributed by atoms with Gasteiger partial charge in [0.25, 0.3) is 0 Å². The van der Waals surface area contributed by atoms with Gasteiger partial charge in [0.15, 0.2) is 5.76 Å². The van der Waals surface area contributed by atoms with Gasteiger partial charge in [-0.2, -0.15) is 0 Å². The molecule has 0 saturated heterocycles. The molecule has 0 bridgehead atoms. The lowest BCUT2D eigenvalue weighted by Gasteiger charge is -2.11. The first-order valence-electron chi connectivity index (χ1n) is 6.58. The van der Waals surface area contributed by atoms with Crippen molar-refractivity contribution in [2.24, 2.45) is 5.92 Å². The molecule has 0 unspecified atom stereocenters. The van der Waals surface area contributed by atoms with E-state index in [2.05, 4.69) is 0 Å². The summed E-state index contributed by atoms with van der Waals surface area (Å²) in [6, 6.07) is 3.28. The molecule has 20 heavy (non-hydrogen) atoms. The number of hydrogen-bond acceptors (Lipinski definition) is 4. The highest BCUT2D eigenvalue weighted by atomic mass is 16.5. The van der Waals surface area contributed by atoms with Gasteiger partial charge in [-0.1, -0.05) is 13.8 Å². The number of carbonyl (C=O) groups excluding carboxylic acids is 2. The van der Waals surface area contributed by atoms with E-state index in [9.17, 15) is 9.59 Å². The summed E-state index contributed by atoms with van der Waals surface area (Å²) in [5.41, 5.74) is 2.01. The summed E-state index contributed by atoms with van der Waals surface area (Å²) < 4.78 is 10.9. The standard InChI is InChI=1S/C16H18O4/c1-8(2)14-13(17)11-6-7-12(10(5)15(11)20-14)19-16(18)9(3)4/h6-7,9H,1-5H3. The minimum atomic E-state index is -0.306. The average molecular weight is 274 g/mol. The Morgan fingerprint density at radius 1 is 1.25 bits per heavy atom. The molecular weight excluding hydrogens is 256 g/mol. The number of fused-ring (bicyclic) bond motifs is 1. The van der Waals surface area contributed by atoms with Crippen LogP contribution in [0.4, 0.5) is 0 Å². The lowest BCUT2D eigenvalue weighted by molar-refractivity contribution is -0.137. The number of carbonyl (C=O) groups is 2. The Labute approximate surface area is 118 Å². The molecule has 0 radical (unpaired) electrons. The van der Waals surface area contributed by atoms with Crippen LogP contribution in [0.1, 0.15) is 43.6 Å². The molecule has 106 valence electrons. The number of allylic oxidation sites excluding steroid dienone is 2. The molecule has 2 rings (SSSR count). The van der Waals surface area contributed by atoms with Crippen LogP contribution in [0.15, 0.2) is 23.5 Å². The molecule has 1 aromatic rings. The Balaban J connectivity index is 2.41. The summed E-state index contributed by atoms with van der Waals surface area (Å²) in [7, 11) is 0. The third-order valence-electron chi connectivity index (χ3n) is 3.15. The minimum absolute atomic E-state index is 0.121. The van der Waals surface area contributed by atoms with Crippen molar-refractivity contribution in [3.05, 3.63) is 34.6 Å². The first-order valence-corrected chi connectivity index (χ1v) is 6.58. The van der Waals surface area contributed by atoms with E-state index in [-0.39, 0.29) is 17.7 Å². The molecule has 0 amide bonds. The second-order valence-corrected chi connectivity index (χ2v) is 5.40. The predicted octanol–water partition coefficient (Wildman–Crippen LogP) is 3.43. The third kappa shape index (κ3) is 2.33. The Hall–Kier alpha value is -2.10. The summed E-state index contributed by atoms with van der Waals surface area (Å²) in [6.07, 6.45) is 0. The SMILES string of the molecule is CC(C)=C1Oc2c(ccc(OC(=O)C(C)C)c2C)C1=O. The fourth-order valence-electron chi connectivity index (χ4n) is 1.92. The Morgan fingerprint density at radius 3 is 2.45 bits per heavy atom. The summed E-state index contributed by atoms with van der Waals surface area (Å²) in [5.74, 6) is 0.643. The number of ketones is 1. The Bertz CT molecular complexity index is 620. The summed E-state index contributed by atoms with van der Waals surface area (Å²) in [6.45, 7) is 8.98. The van der Waals surface area contributed by atoms with Crippen LogP contribution in [-0.2, 0) is 4.79 Å². The number of rotatable bonds is 2. The molecule has 1 aromatic carbocycles. The molecule has 4 heteroatoms. The topological polar surface area (TPSA) is 52.6 Å². The Kier molecular flexibility index (Phi) is 3.66. The minimum Gasteiger partial charge on any atom is -0.452 e. The summed E-state index contributed by atoms with van der Waals surface area (Å²) in [4.78, 5) is 23.8. The van der Waals surface area contributed by atoms with Gasteiger partial charge in [-0.05, 0) is 38.5 Å². The van der Waals surface area contributed by atoms with Crippen LogP contribution in [-0.4, -0.2) is 11.8 Å². The Morgan fingerprint density at radius 2 is 1.90 bits per heavy atom. The van der Waals surface area contributed by atoms with Crippen molar-refractivity contribution in [3.63, 3.8) is 0 Å². The molecule has 1 heterocycles. The van der Waals surface area contributed by atoms with Gasteiger partial charge in [0, 0.05) is 5.56 Å². The highest BCUT2D eigenvalue weighted by Crippen LogP contribution is 2.39. The van der Waals surface area contributed by atoms with E-state index < -0.39 is 0 Å². The van der Waals surface area contributed by atoms with Crippen molar-refractivity contribution in [1.82, 2.24) is 0 Å². The van der Waals surface area contributed by atoms with E-state index in [1.165, 1.54) is 0 Å². The fourth-order valence-corrected chi connectivity index (χ4v) is 1.92. The quantitative estimate of drug-likeness (QED) is 0.471. The smallest absolute Gasteiger partial charge is 0.313 e. The van der Waals surface area contributed by atoms with Gasteiger partial charge >= 0.3 is 5.97 Å². The van der Waals surface area contributed by atoms with Crippen LogP contribution >= 0.6 is 0 Å². The van der Waals surface area contributed by atoms with Crippen LogP contribution < -0.4 is 9.47 Å². The zero-order chi connectivity index (χ0) is 15.0. The predicted molar refractivity (Wildman–Crippen MR) is 75.0 cm³/mol. The number of Topliss-reactive ketones (excluding diaryl/α,β-unsaturated/α-hetero) is 1. The normalized spacial score (nSPS) is 13.3. The molecule has 4 nitrogen and oxygen atoms in total. The van der Waals surface area contributed by atoms with Gasteiger partial charge in [0.2, 0.25) is 5.78 Å². The number of benzene rings is 1. The van der Waals surface area contributed by atoms with Crippen LogP contribution in [0.5, 0.6) is 11.5 Å². The highest BCUT2D eigenvalue weighted by Gasteiger charge is 2.31. The second-order valence-electron chi connectivity index (χ2n) is 5.40. The molecule has 0 spiro atoms. The summed E-state index contributed by atoms with van der Waals surface area (Å²) >= 11 is 0. The van der Waals surface area contributed by atoms with Crippen LogP contribution in [0.25, 0.3) is 0 Å². The molecule has 0 N–H and O–H groups in total. The molecule has 0 saturated carbocycles. The van der Waals surface area contributed by atoms with Crippen LogP contribution in [0, 0.1) is 12.8 Å². The molecule has 0 atom stereocenters. The van der Waals surface area contributed by atoms with Crippen molar-refractivity contribution in [2.45, 2.75) is 34.6 Å². The first-order chi connectivity index (χ1) is 9.32. The molecule has 1 aliphatic rings. The maximum absolute atomic E-state index is 12.1. The monoisotopic (exact) mass is 274 g/mol. The lowest BCUT2D eigenvalue weighted by atomic mass is 10.1. The molecular formula is C16H18O4. The van der Waals surface area contributed by atoms with E-state index in [4.69, 9.17) is 9.47 Å². The van der Waals surface area contributed by atoms with Crippen molar-refractivity contribution in [3.8, 4) is 11.5 Å². The number of ether oxygens (including phenoxy) is 2. The van der Waals surface area contributed by atoms with Gasteiger partial charge < -0.3 is 9.47 Å². The van der Waals surface area contributed by atoms with E-state index in [0.29, 0.717) is 28.4 Å². The van der Waals surface area contributed by atoms with E-state index in [0.717, 1.165) is 5.57 Å². The van der Waals surface area contributed by atoms with Crippen molar-refractivity contribution in [2.75, 3.05) is 0 Å². The van der Waals surface area contributed by atoms with Crippen molar-refractivity contribution < 1.29 is 19.1 Å². The first kappa shape index (κ1) is 14.3. The maximum atomic E-state index is 12.1. The van der Waals surface area contributed by atoms with E-state index in [1.54, 1.807) is 32.9 Å². The van der Waals surface area contributed by atoms with Crippen molar-refractivity contribution in [1.29, 1.82) is 0 Å². The van der Waals surface area contributed by atoms with Gasteiger partial charge in [-0.25, -0.2) is 0 Å². The van der Waals surface area contributed by atoms with Crippen LogP contribution in [0.3, 0.4) is 0 Å². The van der Waals surface area contributed by atoms with E-state index >= 15 is 0 Å². The van der Waals surface area contributed by atoms with Gasteiger partial charge in [0.1, 0.15) is 11.5 Å². The molecule has 1 aliphatic heterocycles. The summed E-state index contributed by atoms with van der Waals surface area (Å²) in [5, 5.41) is 0. The van der Waals surface area contributed by atoms with Crippen molar-refractivity contribution >= 4 is 11.8 Å². The van der Waals surface area contributed by atoms with Gasteiger partial charge in [-0.15, -0.1) is 0 Å². The highest BCUT2D eigenvalue weighted by molar-refractivity contribution is 6.13. The zero-order valence-electron chi connectivity index (χ0n) is 12.4. The number of hydrogen-bond donors (Lipinski definition) is 0. The van der Waals surface area contributed by atoms with E-state index in [1.807, 2.05) is 13.8 Å². The molecule has 0 aliphatic carbocycles. The molecule has 0 aromatic heterocycles. The zero-order valence-corrected chi connectivity index (χ0v) is 12.4. The van der Waals surface area contributed by atoms with Crippen LogP contribution in [0.2, 0.25) is 0 Å². The molecule has 0 fully saturated rings. The number of esters is 1. The average Bonchev–Trinajstić information content (AvgIpc) is 2.71. The fraction of sp³-hybridized carbons (Fsp3) is 0.375. The lowest BCUT2D eigenvalue weighted by Crippen LogP contribution is -2.15. The third-order valence-corrected chi connectivity index (χ3v) is 3.15.